The molecular formula is C13H16N4O. The van der Waals surface area contributed by atoms with Crippen molar-refractivity contribution < 1.29 is 4.79 Å². The van der Waals surface area contributed by atoms with Gasteiger partial charge in [0.2, 0.25) is 5.95 Å². The Morgan fingerprint density at radius 2 is 1.61 bits per heavy atom. The first-order valence-corrected chi connectivity index (χ1v) is 6.33. The number of allylic oxidation sites excluding steroid dienone is 2. The summed E-state index contributed by atoms with van der Waals surface area (Å²) in [7, 11) is 0. The molecule has 0 amide bonds. The third-order valence-electron chi connectivity index (χ3n) is 3.48. The number of piperazine rings is 1. The lowest BCUT2D eigenvalue weighted by Crippen LogP contribution is -2.46. The van der Waals surface area contributed by atoms with E-state index in [1.807, 2.05) is 6.07 Å². The molecule has 0 radical (unpaired) electrons. The summed E-state index contributed by atoms with van der Waals surface area (Å²) in [5.41, 5.74) is 1.20. The molecule has 0 spiro atoms. The van der Waals surface area contributed by atoms with Gasteiger partial charge >= 0.3 is 0 Å². The number of hydrogen-bond acceptors (Lipinski definition) is 5. The largest absolute Gasteiger partial charge is 0.371 e. The highest BCUT2D eigenvalue weighted by molar-refractivity contribution is 5.92. The van der Waals surface area contributed by atoms with E-state index < -0.39 is 0 Å². The first-order chi connectivity index (χ1) is 8.83. The standard InChI is InChI=1S/C13H16N4O/c18-12-3-2-11(10-12)16-6-8-17(9-7-16)13-14-4-1-5-15-13/h1,4-5,10H,2-3,6-9H2. The van der Waals surface area contributed by atoms with Crippen LogP contribution in [0.15, 0.2) is 30.2 Å². The van der Waals surface area contributed by atoms with Gasteiger partial charge in [0.25, 0.3) is 0 Å². The van der Waals surface area contributed by atoms with Gasteiger partial charge in [0.05, 0.1) is 0 Å². The molecule has 5 heteroatoms. The van der Waals surface area contributed by atoms with Crippen LogP contribution in [0.25, 0.3) is 0 Å². The van der Waals surface area contributed by atoms with E-state index in [4.69, 9.17) is 0 Å². The molecular weight excluding hydrogens is 228 g/mol. The zero-order valence-corrected chi connectivity index (χ0v) is 10.2. The summed E-state index contributed by atoms with van der Waals surface area (Å²) >= 11 is 0. The molecule has 0 saturated carbocycles. The van der Waals surface area contributed by atoms with E-state index in [-0.39, 0.29) is 5.78 Å². The van der Waals surface area contributed by atoms with Gasteiger partial charge in [0.15, 0.2) is 5.78 Å². The SMILES string of the molecule is O=C1C=C(N2CCN(c3ncccn3)CC2)CC1. The zero-order chi connectivity index (χ0) is 12.4. The second-order valence-corrected chi connectivity index (χ2v) is 4.62. The molecule has 18 heavy (non-hydrogen) atoms. The normalized spacial score (nSPS) is 20.2. The lowest BCUT2D eigenvalue weighted by atomic mass is 10.2. The van der Waals surface area contributed by atoms with E-state index in [0.717, 1.165) is 38.5 Å². The van der Waals surface area contributed by atoms with E-state index >= 15 is 0 Å². The van der Waals surface area contributed by atoms with Crippen LogP contribution in [0.2, 0.25) is 0 Å². The van der Waals surface area contributed by atoms with Crippen molar-refractivity contribution in [2.45, 2.75) is 12.8 Å². The number of carbonyl (C=O) groups is 1. The molecule has 5 nitrogen and oxygen atoms in total. The van der Waals surface area contributed by atoms with Gasteiger partial charge in [-0.05, 0) is 12.5 Å². The van der Waals surface area contributed by atoms with Gasteiger partial charge in [-0.25, -0.2) is 9.97 Å². The van der Waals surface area contributed by atoms with Crippen LogP contribution in [-0.4, -0.2) is 46.8 Å². The maximum absolute atomic E-state index is 11.2. The number of aromatic nitrogens is 2. The molecule has 0 atom stereocenters. The Balaban J connectivity index is 1.62. The molecule has 1 aliphatic carbocycles. The molecule has 0 bridgehead atoms. The van der Waals surface area contributed by atoms with E-state index in [1.165, 1.54) is 5.70 Å². The monoisotopic (exact) mass is 244 g/mol. The number of hydrogen-bond donors (Lipinski definition) is 0. The Morgan fingerprint density at radius 3 is 2.22 bits per heavy atom. The lowest BCUT2D eigenvalue weighted by molar-refractivity contribution is -0.114. The van der Waals surface area contributed by atoms with Crippen molar-refractivity contribution in [2.75, 3.05) is 31.1 Å². The molecule has 0 aromatic carbocycles. The van der Waals surface area contributed by atoms with E-state index in [2.05, 4.69) is 19.8 Å². The van der Waals surface area contributed by atoms with Crippen molar-refractivity contribution in [3.63, 3.8) is 0 Å². The number of nitrogens with zero attached hydrogens (tertiary/aromatic N) is 4. The summed E-state index contributed by atoms with van der Waals surface area (Å²) in [6, 6.07) is 1.83. The van der Waals surface area contributed by atoms with Crippen molar-refractivity contribution in [3.05, 3.63) is 30.2 Å². The highest BCUT2D eigenvalue weighted by Gasteiger charge is 2.23. The predicted octanol–water partition coefficient (Wildman–Crippen LogP) is 0.845. The van der Waals surface area contributed by atoms with Crippen LogP contribution in [0.4, 0.5) is 5.95 Å². The molecule has 94 valence electrons. The van der Waals surface area contributed by atoms with Crippen LogP contribution in [0.3, 0.4) is 0 Å². The van der Waals surface area contributed by atoms with Crippen LogP contribution < -0.4 is 4.90 Å². The Morgan fingerprint density at radius 1 is 0.944 bits per heavy atom. The molecule has 0 N–H and O–H groups in total. The number of carbonyl (C=O) groups excluding carboxylic acids is 1. The average molecular weight is 244 g/mol. The fourth-order valence-corrected chi connectivity index (χ4v) is 2.48. The van der Waals surface area contributed by atoms with Crippen LogP contribution in [0, 0.1) is 0 Å². The summed E-state index contributed by atoms with van der Waals surface area (Å²) in [5, 5.41) is 0. The van der Waals surface area contributed by atoms with Gasteiger partial charge in [-0.2, -0.15) is 0 Å². The quantitative estimate of drug-likeness (QED) is 0.771. The van der Waals surface area contributed by atoms with Crippen molar-refractivity contribution >= 4 is 11.7 Å². The first-order valence-electron chi connectivity index (χ1n) is 6.33. The van der Waals surface area contributed by atoms with Crippen LogP contribution in [0.5, 0.6) is 0 Å². The summed E-state index contributed by atoms with van der Waals surface area (Å²) in [6.07, 6.45) is 6.92. The number of rotatable bonds is 2. The lowest BCUT2D eigenvalue weighted by Gasteiger charge is -2.36. The van der Waals surface area contributed by atoms with E-state index in [0.29, 0.717) is 6.42 Å². The highest BCUT2D eigenvalue weighted by atomic mass is 16.1. The van der Waals surface area contributed by atoms with Crippen molar-refractivity contribution in [2.24, 2.45) is 0 Å². The Kier molecular flexibility index (Phi) is 2.96. The maximum atomic E-state index is 11.2. The Hall–Kier alpha value is -1.91. The minimum absolute atomic E-state index is 0.263. The topological polar surface area (TPSA) is 49.3 Å². The number of anilines is 1. The smallest absolute Gasteiger partial charge is 0.225 e. The summed E-state index contributed by atoms with van der Waals surface area (Å²) < 4.78 is 0. The summed E-state index contributed by atoms with van der Waals surface area (Å²) in [5.74, 6) is 1.06. The van der Waals surface area contributed by atoms with Gasteiger partial charge < -0.3 is 9.80 Å². The molecule has 1 fully saturated rings. The fraction of sp³-hybridized carbons (Fsp3) is 0.462. The molecule has 3 rings (SSSR count). The third-order valence-corrected chi connectivity index (χ3v) is 3.48. The molecule has 1 aromatic heterocycles. The highest BCUT2D eigenvalue weighted by Crippen LogP contribution is 2.21. The van der Waals surface area contributed by atoms with Crippen LogP contribution >= 0.6 is 0 Å². The molecule has 2 aliphatic rings. The van der Waals surface area contributed by atoms with Crippen LogP contribution in [0.1, 0.15) is 12.8 Å². The average Bonchev–Trinajstić information content (AvgIpc) is 2.87. The Labute approximate surface area is 106 Å². The van der Waals surface area contributed by atoms with E-state index in [1.54, 1.807) is 18.5 Å². The zero-order valence-electron chi connectivity index (χ0n) is 10.2. The van der Waals surface area contributed by atoms with Gasteiger partial charge in [-0.1, -0.05) is 0 Å². The molecule has 1 aliphatic heterocycles. The number of ketones is 1. The first kappa shape index (κ1) is 11.2. The second-order valence-electron chi connectivity index (χ2n) is 4.62. The molecule has 1 aromatic rings. The van der Waals surface area contributed by atoms with Crippen LogP contribution in [-0.2, 0) is 4.79 Å². The minimum atomic E-state index is 0.263. The maximum Gasteiger partial charge on any atom is 0.225 e. The van der Waals surface area contributed by atoms with Gasteiger partial charge in [0.1, 0.15) is 0 Å². The minimum Gasteiger partial charge on any atom is -0.371 e. The molecule has 1 saturated heterocycles. The van der Waals surface area contributed by atoms with Crippen molar-refractivity contribution in [3.8, 4) is 0 Å². The predicted molar refractivity (Wildman–Crippen MR) is 68.1 cm³/mol. The summed E-state index contributed by atoms with van der Waals surface area (Å²) in [4.78, 5) is 24.3. The Bertz CT molecular complexity index is 463. The molecule has 0 unspecified atom stereocenters. The molecule has 2 heterocycles. The third kappa shape index (κ3) is 2.20. The second kappa shape index (κ2) is 4.76. The summed E-state index contributed by atoms with van der Waals surface area (Å²) in [6.45, 7) is 3.71. The van der Waals surface area contributed by atoms with Gasteiger partial charge in [-0.3, -0.25) is 4.79 Å². The van der Waals surface area contributed by atoms with Gasteiger partial charge in [0, 0.05) is 56.8 Å². The van der Waals surface area contributed by atoms with Crippen molar-refractivity contribution in [1.29, 1.82) is 0 Å². The van der Waals surface area contributed by atoms with Crippen molar-refractivity contribution in [1.82, 2.24) is 14.9 Å². The van der Waals surface area contributed by atoms with Gasteiger partial charge in [-0.15, -0.1) is 0 Å². The van der Waals surface area contributed by atoms with E-state index in [9.17, 15) is 4.79 Å². The fourth-order valence-electron chi connectivity index (χ4n) is 2.48.